The number of nitrogens with one attached hydrogen (secondary N) is 1. The first-order valence-electron chi connectivity index (χ1n) is 7.44. The lowest BCUT2D eigenvalue weighted by molar-refractivity contribution is -0.121. The smallest absolute Gasteiger partial charge is 0.220 e. The molecule has 1 rings (SSSR count). The predicted octanol–water partition coefficient (Wildman–Crippen LogP) is 4.16. The second kappa shape index (κ2) is 8.73. The van der Waals surface area contributed by atoms with E-state index in [4.69, 9.17) is 0 Å². The molecule has 0 radical (unpaired) electrons. The molecule has 0 fully saturated rings. The van der Waals surface area contributed by atoms with Crippen molar-refractivity contribution in [1.82, 2.24) is 5.32 Å². The Morgan fingerprint density at radius 1 is 1.21 bits per heavy atom. The van der Waals surface area contributed by atoms with Gasteiger partial charge < -0.3 is 5.32 Å². The Balaban J connectivity index is 2.18. The number of rotatable bonds is 8. The Morgan fingerprint density at radius 3 is 2.47 bits per heavy atom. The number of carbonyl (C=O) groups excluding carboxylic acids is 1. The predicted molar refractivity (Wildman–Crippen MR) is 80.8 cm³/mol. The number of amides is 1. The van der Waals surface area contributed by atoms with Gasteiger partial charge in [-0.15, -0.1) is 0 Å². The quantitative estimate of drug-likeness (QED) is 0.748. The largest absolute Gasteiger partial charge is 0.352 e. The van der Waals surface area contributed by atoms with Gasteiger partial charge in [-0.1, -0.05) is 57.5 Å². The van der Waals surface area contributed by atoms with Crippen LogP contribution in [-0.2, 0) is 11.3 Å². The molecule has 106 valence electrons. The van der Waals surface area contributed by atoms with Crippen LogP contribution in [0.25, 0.3) is 0 Å². The average molecular weight is 261 g/mol. The van der Waals surface area contributed by atoms with E-state index in [1.54, 1.807) is 0 Å². The zero-order valence-electron chi connectivity index (χ0n) is 12.5. The van der Waals surface area contributed by atoms with Crippen LogP contribution >= 0.6 is 0 Å². The molecule has 2 heteroatoms. The molecule has 1 aromatic rings. The van der Waals surface area contributed by atoms with Gasteiger partial charge in [0.2, 0.25) is 5.91 Å². The van der Waals surface area contributed by atoms with Crippen molar-refractivity contribution >= 4 is 5.91 Å². The fourth-order valence-corrected chi connectivity index (χ4v) is 2.42. The molecule has 0 aromatic heterocycles. The first-order chi connectivity index (χ1) is 9.13. The summed E-state index contributed by atoms with van der Waals surface area (Å²) in [7, 11) is 0. The highest BCUT2D eigenvalue weighted by atomic mass is 16.1. The van der Waals surface area contributed by atoms with Gasteiger partial charge in [0.15, 0.2) is 0 Å². The monoisotopic (exact) mass is 261 g/mol. The summed E-state index contributed by atoms with van der Waals surface area (Å²) in [6, 6.07) is 10.0. The van der Waals surface area contributed by atoms with Gasteiger partial charge in [-0.25, -0.2) is 0 Å². The van der Waals surface area contributed by atoms with E-state index in [0.717, 1.165) is 30.2 Å². The van der Waals surface area contributed by atoms with Crippen molar-refractivity contribution in [2.45, 2.75) is 53.0 Å². The number of hydrogen-bond acceptors (Lipinski definition) is 1. The van der Waals surface area contributed by atoms with Gasteiger partial charge in [0.05, 0.1) is 0 Å². The number of benzene rings is 1. The third kappa shape index (κ3) is 6.42. The summed E-state index contributed by atoms with van der Waals surface area (Å²) in [5, 5.41) is 2.98. The molecule has 0 bridgehead atoms. The number of carbonyl (C=O) groups is 1. The topological polar surface area (TPSA) is 29.1 Å². The lowest BCUT2D eigenvalue weighted by atomic mass is 9.88. The molecule has 1 amide bonds. The molecule has 0 aliphatic heterocycles. The highest BCUT2D eigenvalue weighted by Crippen LogP contribution is 2.21. The minimum Gasteiger partial charge on any atom is -0.352 e. The van der Waals surface area contributed by atoms with E-state index >= 15 is 0 Å². The van der Waals surface area contributed by atoms with Gasteiger partial charge in [-0.3, -0.25) is 4.79 Å². The summed E-state index contributed by atoms with van der Waals surface area (Å²) in [6.07, 6.45) is 4.02. The molecule has 0 saturated heterocycles. The maximum absolute atomic E-state index is 11.7. The van der Waals surface area contributed by atoms with Crippen molar-refractivity contribution in [1.29, 1.82) is 0 Å². The van der Waals surface area contributed by atoms with Crippen LogP contribution in [0.1, 0.15) is 52.0 Å². The normalized spacial score (nSPS) is 12.4. The van der Waals surface area contributed by atoms with E-state index in [2.05, 4.69) is 26.1 Å². The van der Waals surface area contributed by atoms with E-state index in [1.807, 2.05) is 30.3 Å². The van der Waals surface area contributed by atoms with E-state index < -0.39 is 0 Å². The van der Waals surface area contributed by atoms with E-state index in [1.165, 1.54) is 6.42 Å². The second-order valence-corrected chi connectivity index (χ2v) is 5.57. The standard InChI is InChI=1S/C17H27NO/c1-4-16(14(2)3)11-8-12-17(19)18-13-15-9-6-5-7-10-15/h5-7,9-10,14,16H,4,8,11-13H2,1-3H3,(H,18,19). The SMILES string of the molecule is CCC(CCCC(=O)NCc1ccccc1)C(C)C. The molecule has 1 unspecified atom stereocenters. The van der Waals surface area contributed by atoms with Gasteiger partial charge >= 0.3 is 0 Å². The fourth-order valence-electron chi connectivity index (χ4n) is 2.42. The summed E-state index contributed by atoms with van der Waals surface area (Å²) in [5.41, 5.74) is 1.16. The van der Waals surface area contributed by atoms with Crippen LogP contribution in [0.4, 0.5) is 0 Å². The van der Waals surface area contributed by atoms with Crippen LogP contribution < -0.4 is 5.32 Å². The molecular formula is C17H27NO. The highest BCUT2D eigenvalue weighted by Gasteiger charge is 2.11. The maximum Gasteiger partial charge on any atom is 0.220 e. The third-order valence-electron chi connectivity index (χ3n) is 3.78. The summed E-state index contributed by atoms with van der Waals surface area (Å²) < 4.78 is 0. The summed E-state index contributed by atoms with van der Waals surface area (Å²) in [6.45, 7) is 7.41. The molecule has 1 N–H and O–H groups in total. The highest BCUT2D eigenvalue weighted by molar-refractivity contribution is 5.75. The molecule has 0 saturated carbocycles. The summed E-state index contributed by atoms with van der Waals surface area (Å²) in [5.74, 6) is 1.64. The first kappa shape index (κ1) is 15.7. The van der Waals surface area contributed by atoms with Crippen molar-refractivity contribution < 1.29 is 4.79 Å². The van der Waals surface area contributed by atoms with Gasteiger partial charge in [-0.05, 0) is 30.2 Å². The Morgan fingerprint density at radius 2 is 1.89 bits per heavy atom. The zero-order valence-corrected chi connectivity index (χ0v) is 12.5. The Kier molecular flexibility index (Phi) is 7.24. The van der Waals surface area contributed by atoms with Gasteiger partial charge in [0.1, 0.15) is 0 Å². The van der Waals surface area contributed by atoms with E-state index in [9.17, 15) is 4.79 Å². The van der Waals surface area contributed by atoms with Crippen LogP contribution in [-0.4, -0.2) is 5.91 Å². The van der Waals surface area contributed by atoms with Crippen molar-refractivity contribution in [3.8, 4) is 0 Å². The van der Waals surface area contributed by atoms with E-state index in [0.29, 0.717) is 13.0 Å². The maximum atomic E-state index is 11.7. The average Bonchev–Trinajstić information content (AvgIpc) is 2.42. The number of hydrogen-bond donors (Lipinski definition) is 1. The van der Waals surface area contributed by atoms with Crippen LogP contribution in [0.15, 0.2) is 30.3 Å². The molecular weight excluding hydrogens is 234 g/mol. The Labute approximate surface area is 117 Å². The van der Waals surface area contributed by atoms with Crippen LogP contribution in [0, 0.1) is 11.8 Å². The summed E-state index contributed by atoms with van der Waals surface area (Å²) in [4.78, 5) is 11.7. The molecule has 0 spiro atoms. The molecule has 2 nitrogen and oxygen atoms in total. The molecule has 19 heavy (non-hydrogen) atoms. The van der Waals surface area contributed by atoms with Crippen molar-refractivity contribution in [2.24, 2.45) is 11.8 Å². The molecule has 1 atom stereocenters. The Bertz CT molecular complexity index is 359. The zero-order chi connectivity index (χ0) is 14.1. The molecule has 0 aliphatic carbocycles. The van der Waals surface area contributed by atoms with E-state index in [-0.39, 0.29) is 5.91 Å². The minimum atomic E-state index is 0.169. The van der Waals surface area contributed by atoms with Gasteiger partial charge in [0, 0.05) is 13.0 Å². The van der Waals surface area contributed by atoms with Crippen LogP contribution in [0.3, 0.4) is 0 Å². The fraction of sp³-hybridized carbons (Fsp3) is 0.588. The van der Waals surface area contributed by atoms with Gasteiger partial charge in [-0.2, -0.15) is 0 Å². The molecule has 1 aromatic carbocycles. The third-order valence-corrected chi connectivity index (χ3v) is 3.78. The van der Waals surface area contributed by atoms with Crippen LogP contribution in [0.5, 0.6) is 0 Å². The van der Waals surface area contributed by atoms with Crippen molar-refractivity contribution in [3.63, 3.8) is 0 Å². The van der Waals surface area contributed by atoms with Crippen molar-refractivity contribution in [3.05, 3.63) is 35.9 Å². The second-order valence-electron chi connectivity index (χ2n) is 5.57. The Hall–Kier alpha value is -1.31. The van der Waals surface area contributed by atoms with Crippen molar-refractivity contribution in [2.75, 3.05) is 0 Å². The molecule has 0 aliphatic rings. The lowest BCUT2D eigenvalue weighted by Crippen LogP contribution is -2.22. The first-order valence-corrected chi connectivity index (χ1v) is 7.44. The summed E-state index contributed by atoms with van der Waals surface area (Å²) >= 11 is 0. The lowest BCUT2D eigenvalue weighted by Gasteiger charge is -2.18. The van der Waals surface area contributed by atoms with Crippen LogP contribution in [0.2, 0.25) is 0 Å². The van der Waals surface area contributed by atoms with Gasteiger partial charge in [0.25, 0.3) is 0 Å². The minimum absolute atomic E-state index is 0.169. The molecule has 0 heterocycles.